The first-order chi connectivity index (χ1) is 21.9. The summed E-state index contributed by atoms with van der Waals surface area (Å²) in [5.74, 6) is -0.112. The van der Waals surface area contributed by atoms with Crippen molar-refractivity contribution >= 4 is 11.8 Å². The topological polar surface area (TPSA) is 68.3 Å². The molecule has 2 fully saturated rings. The molecule has 0 aliphatic carbocycles. The highest BCUT2D eigenvalue weighted by Gasteiger charge is 2.32. The second kappa shape index (κ2) is 16.3. The largest absolute Gasteiger partial charge is 0.464 e. The third kappa shape index (κ3) is 9.33. The lowest BCUT2D eigenvalue weighted by Crippen LogP contribution is -2.39. The van der Waals surface area contributed by atoms with E-state index in [2.05, 4.69) is 58.3 Å². The van der Waals surface area contributed by atoms with Crippen LogP contribution in [0.15, 0.2) is 84.9 Å². The lowest BCUT2D eigenvalue weighted by atomic mass is 9.84. The fourth-order valence-electron chi connectivity index (χ4n) is 6.14. The Hall–Kier alpha value is -3.36. The van der Waals surface area contributed by atoms with Gasteiger partial charge >= 0.3 is 5.97 Å². The van der Waals surface area contributed by atoms with Gasteiger partial charge in [-0.25, -0.2) is 0 Å². The Balaban J connectivity index is 1.03. The third-order valence-corrected chi connectivity index (χ3v) is 9.13. The van der Waals surface area contributed by atoms with E-state index in [-0.39, 0.29) is 24.0 Å². The summed E-state index contributed by atoms with van der Waals surface area (Å²) in [4.78, 5) is 30.5. The minimum Gasteiger partial charge on any atom is -0.464 e. The van der Waals surface area contributed by atoms with Crippen LogP contribution in [0, 0.1) is 0 Å². The van der Waals surface area contributed by atoms with Gasteiger partial charge in [0.15, 0.2) is 5.78 Å². The number of hydrogen-bond donors (Lipinski definition) is 0. The second-order valence-electron chi connectivity index (χ2n) is 12.7. The number of nitrogens with zero attached hydrogens (tertiary/aromatic N) is 2. The van der Waals surface area contributed by atoms with Gasteiger partial charge in [0.1, 0.15) is 12.7 Å². The molecule has 45 heavy (non-hydrogen) atoms. The Kier molecular flexibility index (Phi) is 11.9. The maximum absolute atomic E-state index is 13.0. The molecule has 0 aromatic heterocycles. The first-order valence-electron chi connectivity index (χ1n) is 16.5. The molecule has 0 bridgehead atoms. The molecular weight excluding hydrogens is 564 g/mol. The van der Waals surface area contributed by atoms with Gasteiger partial charge in [-0.1, -0.05) is 84.9 Å². The predicted octanol–water partition coefficient (Wildman–Crippen LogP) is 6.07. The normalized spacial score (nSPS) is 17.0. The lowest BCUT2D eigenvalue weighted by molar-refractivity contribution is -0.150. The van der Waals surface area contributed by atoms with E-state index < -0.39 is 5.41 Å². The highest BCUT2D eigenvalue weighted by molar-refractivity contribution is 5.96. The summed E-state index contributed by atoms with van der Waals surface area (Å²) in [7, 11) is 0. The van der Waals surface area contributed by atoms with Gasteiger partial charge in [-0.3, -0.25) is 14.5 Å². The Morgan fingerprint density at radius 2 is 1.38 bits per heavy atom. The molecule has 2 aliphatic rings. The third-order valence-electron chi connectivity index (χ3n) is 9.13. The van der Waals surface area contributed by atoms with E-state index in [1.165, 1.54) is 11.1 Å². The van der Waals surface area contributed by atoms with E-state index in [0.29, 0.717) is 25.1 Å². The van der Waals surface area contributed by atoms with Crippen molar-refractivity contribution in [2.45, 2.75) is 57.2 Å². The SMILES string of the molecule is CC(C)(C(=O)OCCN1CCOCC1)c1ccc(C(=O)CCCN2CCC(OC(c3ccccc3)c3ccccc3)CC2)cc1. The quantitative estimate of drug-likeness (QED) is 0.162. The molecule has 2 heterocycles. The van der Waals surface area contributed by atoms with Crippen molar-refractivity contribution in [1.29, 1.82) is 0 Å². The van der Waals surface area contributed by atoms with Gasteiger partial charge in [0.25, 0.3) is 0 Å². The molecule has 3 aromatic carbocycles. The molecule has 7 heteroatoms. The number of Topliss-reactive ketones (excluding diaryl/α,β-unsaturated/α-hetero) is 1. The van der Waals surface area contributed by atoms with E-state index in [9.17, 15) is 9.59 Å². The molecule has 2 aliphatic heterocycles. The van der Waals surface area contributed by atoms with Gasteiger partial charge in [0.2, 0.25) is 0 Å². The summed E-state index contributed by atoms with van der Waals surface area (Å²) in [5.41, 5.74) is 3.11. The molecule has 0 saturated carbocycles. The smallest absolute Gasteiger partial charge is 0.316 e. The van der Waals surface area contributed by atoms with Crippen molar-refractivity contribution in [3.63, 3.8) is 0 Å². The fraction of sp³-hybridized carbons (Fsp3) is 0.474. The fourth-order valence-corrected chi connectivity index (χ4v) is 6.14. The zero-order valence-corrected chi connectivity index (χ0v) is 26.9. The van der Waals surface area contributed by atoms with Gasteiger partial charge in [0, 0.05) is 44.7 Å². The van der Waals surface area contributed by atoms with Crippen LogP contribution in [0.4, 0.5) is 0 Å². The number of benzene rings is 3. The predicted molar refractivity (Wildman–Crippen MR) is 177 cm³/mol. The Morgan fingerprint density at radius 1 is 0.800 bits per heavy atom. The molecule has 0 spiro atoms. The minimum atomic E-state index is -0.787. The van der Waals surface area contributed by atoms with E-state index in [0.717, 1.165) is 70.8 Å². The molecule has 0 radical (unpaired) electrons. The molecular formula is C38H48N2O5. The van der Waals surface area contributed by atoms with E-state index in [4.69, 9.17) is 14.2 Å². The number of esters is 1. The van der Waals surface area contributed by atoms with Gasteiger partial charge in [0.05, 0.1) is 24.7 Å². The second-order valence-corrected chi connectivity index (χ2v) is 12.7. The first kappa shape index (κ1) is 33.0. The van der Waals surface area contributed by atoms with E-state index in [1.807, 2.05) is 50.2 Å². The molecule has 240 valence electrons. The van der Waals surface area contributed by atoms with E-state index >= 15 is 0 Å². The molecule has 7 nitrogen and oxygen atoms in total. The number of rotatable bonds is 14. The van der Waals surface area contributed by atoms with Crippen LogP contribution >= 0.6 is 0 Å². The number of hydrogen-bond acceptors (Lipinski definition) is 7. The van der Waals surface area contributed by atoms with Crippen molar-refractivity contribution in [1.82, 2.24) is 9.80 Å². The monoisotopic (exact) mass is 612 g/mol. The highest BCUT2D eigenvalue weighted by atomic mass is 16.5. The van der Waals surface area contributed by atoms with Crippen molar-refractivity contribution in [3.8, 4) is 0 Å². The first-order valence-corrected chi connectivity index (χ1v) is 16.5. The number of piperidine rings is 1. The van der Waals surface area contributed by atoms with Crippen molar-refractivity contribution < 1.29 is 23.8 Å². The van der Waals surface area contributed by atoms with Crippen LogP contribution in [0.1, 0.15) is 72.7 Å². The van der Waals surface area contributed by atoms with Crippen LogP contribution in [0.3, 0.4) is 0 Å². The van der Waals surface area contributed by atoms with Crippen molar-refractivity contribution in [2.75, 3.05) is 59.1 Å². The summed E-state index contributed by atoms with van der Waals surface area (Å²) in [6.07, 6.45) is 3.44. The summed E-state index contributed by atoms with van der Waals surface area (Å²) in [6, 6.07) is 28.4. The lowest BCUT2D eigenvalue weighted by Gasteiger charge is -2.34. The number of likely N-dealkylation sites (tertiary alicyclic amines) is 1. The minimum absolute atomic E-state index is 0.0652. The molecule has 0 N–H and O–H groups in total. The Bertz CT molecular complexity index is 1290. The van der Waals surface area contributed by atoms with Crippen molar-refractivity contribution in [3.05, 3.63) is 107 Å². The zero-order chi connectivity index (χ0) is 31.5. The molecule has 0 atom stereocenters. The summed E-state index contributed by atoms with van der Waals surface area (Å²) in [5, 5.41) is 0. The van der Waals surface area contributed by atoms with Gasteiger partial charge < -0.3 is 19.1 Å². The molecule has 5 rings (SSSR count). The standard InChI is InChI=1S/C38H48N2O5/c1-38(2,37(42)44-29-26-40-24-27-43-28-25-40)33-17-15-30(16-18-33)35(41)14-9-21-39-22-19-34(20-23-39)45-36(31-10-5-3-6-11-31)32-12-7-4-8-13-32/h3-8,10-13,15-18,34,36H,9,14,19-29H2,1-2H3. The maximum Gasteiger partial charge on any atom is 0.316 e. The van der Waals surface area contributed by atoms with Crippen LogP contribution < -0.4 is 0 Å². The van der Waals surface area contributed by atoms with Gasteiger partial charge in [-0.15, -0.1) is 0 Å². The Labute approximate surface area is 268 Å². The number of ketones is 1. The van der Waals surface area contributed by atoms with E-state index in [1.54, 1.807) is 0 Å². The molecule has 2 saturated heterocycles. The molecule has 0 amide bonds. The van der Waals surface area contributed by atoms with Crippen LogP contribution in [-0.2, 0) is 24.4 Å². The average Bonchev–Trinajstić information content (AvgIpc) is 3.09. The summed E-state index contributed by atoms with van der Waals surface area (Å²) in [6.45, 7) is 10.9. The number of ether oxygens (including phenoxy) is 3. The number of morpholine rings is 1. The van der Waals surface area contributed by atoms with Crippen LogP contribution in [0.2, 0.25) is 0 Å². The van der Waals surface area contributed by atoms with Crippen LogP contribution in [0.25, 0.3) is 0 Å². The molecule has 0 unspecified atom stereocenters. The average molecular weight is 613 g/mol. The number of carbonyl (C=O) groups is 2. The number of carbonyl (C=O) groups excluding carboxylic acids is 2. The van der Waals surface area contributed by atoms with Crippen LogP contribution in [0.5, 0.6) is 0 Å². The Morgan fingerprint density at radius 3 is 1.98 bits per heavy atom. The maximum atomic E-state index is 13.0. The summed E-state index contributed by atoms with van der Waals surface area (Å²) >= 11 is 0. The van der Waals surface area contributed by atoms with Gasteiger partial charge in [-0.05, 0) is 56.3 Å². The highest BCUT2D eigenvalue weighted by Crippen LogP contribution is 2.30. The zero-order valence-electron chi connectivity index (χ0n) is 26.9. The van der Waals surface area contributed by atoms with Gasteiger partial charge in [-0.2, -0.15) is 0 Å². The summed E-state index contributed by atoms with van der Waals surface area (Å²) < 4.78 is 17.7. The van der Waals surface area contributed by atoms with Crippen LogP contribution in [-0.4, -0.2) is 86.7 Å². The molecule has 3 aromatic rings. The van der Waals surface area contributed by atoms with Crippen molar-refractivity contribution in [2.24, 2.45) is 0 Å².